The number of thiocarbonyl (C=S) groups is 1. The fourth-order valence-corrected chi connectivity index (χ4v) is 3.90. The summed E-state index contributed by atoms with van der Waals surface area (Å²) in [5.74, 6) is 0.403. The number of nitrogens with one attached hydrogen (secondary N) is 3. The zero-order valence-corrected chi connectivity index (χ0v) is 22.0. The van der Waals surface area contributed by atoms with Gasteiger partial charge in [-0.1, -0.05) is 29.8 Å². The third-order valence-corrected chi connectivity index (χ3v) is 5.54. The Morgan fingerprint density at radius 1 is 1.00 bits per heavy atom. The van der Waals surface area contributed by atoms with Crippen LogP contribution in [0, 0.1) is 20.8 Å². The molecule has 0 aliphatic carbocycles. The molecule has 0 heterocycles. The van der Waals surface area contributed by atoms with Gasteiger partial charge < -0.3 is 20.1 Å². The van der Waals surface area contributed by atoms with E-state index in [0.717, 1.165) is 28.4 Å². The minimum Gasteiger partial charge on any atom is -0.493 e. The maximum Gasteiger partial charge on any atom is 0.418 e. The number of carbonyl (C=O) groups is 1. The van der Waals surface area contributed by atoms with Gasteiger partial charge in [0, 0.05) is 5.69 Å². The summed E-state index contributed by atoms with van der Waals surface area (Å²) in [7, 11) is 1.46. The number of nitrogens with zero attached hydrogens (tertiary/aromatic N) is 1. The van der Waals surface area contributed by atoms with Gasteiger partial charge in [-0.3, -0.25) is 10.2 Å². The lowest BCUT2D eigenvalue weighted by molar-refractivity contribution is -0.136. The number of halogens is 3. The molecule has 0 aromatic heterocycles. The second-order valence-corrected chi connectivity index (χ2v) is 8.80. The Labute approximate surface area is 224 Å². The van der Waals surface area contributed by atoms with Crippen LogP contribution in [0.15, 0.2) is 59.7 Å². The number of amides is 1. The van der Waals surface area contributed by atoms with Gasteiger partial charge in [0.15, 0.2) is 23.2 Å². The van der Waals surface area contributed by atoms with Crippen molar-refractivity contribution in [1.29, 1.82) is 0 Å². The molecule has 38 heavy (non-hydrogen) atoms. The molecule has 0 unspecified atom stereocenters. The molecule has 11 heteroatoms. The summed E-state index contributed by atoms with van der Waals surface area (Å²) in [4.78, 5) is 12.5. The van der Waals surface area contributed by atoms with Gasteiger partial charge in [0.05, 0.1) is 24.6 Å². The van der Waals surface area contributed by atoms with Crippen LogP contribution in [0.5, 0.6) is 11.5 Å². The molecule has 3 aromatic rings. The Kier molecular flexibility index (Phi) is 9.30. The minimum absolute atomic E-state index is 0.116. The first-order chi connectivity index (χ1) is 18.0. The Morgan fingerprint density at radius 3 is 2.34 bits per heavy atom. The lowest BCUT2D eigenvalue weighted by atomic mass is 10.1. The normalized spacial score (nSPS) is 11.2. The number of anilines is 2. The van der Waals surface area contributed by atoms with E-state index in [-0.39, 0.29) is 23.3 Å². The van der Waals surface area contributed by atoms with Crippen molar-refractivity contribution < 1.29 is 27.4 Å². The summed E-state index contributed by atoms with van der Waals surface area (Å²) < 4.78 is 50.4. The molecule has 0 atom stereocenters. The van der Waals surface area contributed by atoms with Crippen molar-refractivity contribution in [1.82, 2.24) is 5.43 Å². The molecule has 3 aromatic carbocycles. The fourth-order valence-electron chi connectivity index (χ4n) is 3.73. The van der Waals surface area contributed by atoms with Gasteiger partial charge in [0.2, 0.25) is 0 Å². The highest BCUT2D eigenvalue weighted by molar-refractivity contribution is 7.80. The van der Waals surface area contributed by atoms with Crippen LogP contribution in [0.1, 0.15) is 27.8 Å². The highest BCUT2D eigenvalue weighted by Gasteiger charge is 2.33. The van der Waals surface area contributed by atoms with Crippen LogP contribution in [-0.2, 0) is 11.0 Å². The standard InChI is InChI=1S/C27H27F3N4O3S/c1-16-11-17(2)25(18(3)12-16)33-24(35)15-37-22-10-9-19(13-23(22)36-4)14-31-34-26(38)32-21-8-6-5-7-20(21)27(28,29)30/h5-14H,15H2,1-4H3,(H,33,35)(H2,32,34,38)/b31-14-. The van der Waals surface area contributed by atoms with E-state index in [0.29, 0.717) is 17.1 Å². The van der Waals surface area contributed by atoms with E-state index in [1.807, 2.05) is 32.9 Å². The number of hydrazone groups is 1. The van der Waals surface area contributed by atoms with Crippen LogP contribution in [0.3, 0.4) is 0 Å². The van der Waals surface area contributed by atoms with Crippen LogP contribution in [0.25, 0.3) is 0 Å². The third kappa shape index (κ3) is 7.69. The number of hydrogen-bond donors (Lipinski definition) is 3. The second-order valence-electron chi connectivity index (χ2n) is 8.39. The van der Waals surface area contributed by atoms with Gasteiger partial charge in [-0.25, -0.2) is 0 Å². The van der Waals surface area contributed by atoms with Crippen LogP contribution in [0.2, 0.25) is 0 Å². The largest absolute Gasteiger partial charge is 0.493 e. The fraction of sp³-hybridized carbons (Fsp3) is 0.222. The van der Waals surface area contributed by atoms with Crippen LogP contribution >= 0.6 is 12.2 Å². The van der Waals surface area contributed by atoms with Crippen LogP contribution in [0.4, 0.5) is 24.5 Å². The average Bonchev–Trinajstić information content (AvgIpc) is 2.85. The van der Waals surface area contributed by atoms with E-state index < -0.39 is 11.7 Å². The van der Waals surface area contributed by atoms with Gasteiger partial charge in [0.25, 0.3) is 5.91 Å². The number of alkyl halides is 3. The molecule has 200 valence electrons. The SMILES string of the molecule is COc1cc(/C=N\NC(=S)Nc2ccccc2C(F)(F)F)ccc1OCC(=O)Nc1c(C)cc(C)cc1C. The molecule has 0 aliphatic rings. The quantitative estimate of drug-likeness (QED) is 0.184. The predicted molar refractivity (Wildman–Crippen MR) is 146 cm³/mol. The average molecular weight is 545 g/mol. The van der Waals surface area contributed by atoms with Crippen LogP contribution < -0.4 is 25.5 Å². The Balaban J connectivity index is 1.58. The van der Waals surface area contributed by atoms with Gasteiger partial charge >= 0.3 is 6.18 Å². The van der Waals surface area contributed by atoms with Crippen molar-refractivity contribution in [2.45, 2.75) is 26.9 Å². The number of methoxy groups -OCH3 is 1. The summed E-state index contributed by atoms with van der Waals surface area (Å²) >= 11 is 5.05. The summed E-state index contributed by atoms with van der Waals surface area (Å²) in [6.07, 6.45) is -3.12. The Hall–Kier alpha value is -4.12. The van der Waals surface area contributed by atoms with E-state index in [1.54, 1.807) is 18.2 Å². The van der Waals surface area contributed by atoms with Gasteiger partial charge in [-0.05, 0) is 80.0 Å². The first kappa shape index (κ1) is 28.5. The molecule has 7 nitrogen and oxygen atoms in total. The lowest BCUT2D eigenvalue weighted by Gasteiger charge is -2.14. The highest BCUT2D eigenvalue weighted by atomic mass is 32.1. The molecule has 0 aliphatic heterocycles. The van der Waals surface area contributed by atoms with Gasteiger partial charge in [-0.2, -0.15) is 18.3 Å². The molecule has 0 saturated carbocycles. The maximum atomic E-state index is 13.1. The summed E-state index contributed by atoms with van der Waals surface area (Å²) in [6.45, 7) is 5.63. The zero-order chi connectivity index (χ0) is 27.9. The monoisotopic (exact) mass is 544 g/mol. The van der Waals surface area contributed by atoms with E-state index >= 15 is 0 Å². The molecular formula is C27H27F3N4O3S. The zero-order valence-electron chi connectivity index (χ0n) is 21.2. The number of para-hydroxylation sites is 1. The second kappa shape index (κ2) is 12.4. The summed E-state index contributed by atoms with van der Waals surface area (Å²) in [5.41, 5.74) is 5.84. The van der Waals surface area contributed by atoms with Crippen molar-refractivity contribution in [3.8, 4) is 11.5 Å². The van der Waals surface area contributed by atoms with Crippen molar-refractivity contribution in [2.24, 2.45) is 5.10 Å². The molecule has 0 saturated heterocycles. The van der Waals surface area contributed by atoms with Crippen LogP contribution in [-0.4, -0.2) is 31.0 Å². The number of hydrogen-bond acceptors (Lipinski definition) is 5. The molecule has 3 N–H and O–H groups in total. The molecule has 1 amide bonds. The first-order valence-electron chi connectivity index (χ1n) is 11.4. The third-order valence-electron chi connectivity index (χ3n) is 5.35. The Bertz CT molecular complexity index is 1340. The van der Waals surface area contributed by atoms with Crippen molar-refractivity contribution in [2.75, 3.05) is 24.4 Å². The van der Waals surface area contributed by atoms with Gasteiger partial charge in [0.1, 0.15) is 0 Å². The molecule has 0 spiro atoms. The minimum atomic E-state index is -4.53. The summed E-state index contributed by atoms with van der Waals surface area (Å²) in [6, 6.07) is 13.9. The van der Waals surface area contributed by atoms with E-state index in [9.17, 15) is 18.0 Å². The smallest absolute Gasteiger partial charge is 0.418 e. The van der Waals surface area contributed by atoms with Gasteiger partial charge in [-0.15, -0.1) is 0 Å². The van der Waals surface area contributed by atoms with E-state index in [2.05, 4.69) is 21.2 Å². The topological polar surface area (TPSA) is 84.0 Å². The number of aryl methyl sites for hydroxylation is 3. The van der Waals surface area contributed by atoms with E-state index in [4.69, 9.17) is 21.7 Å². The molecule has 0 fully saturated rings. The van der Waals surface area contributed by atoms with Crippen molar-refractivity contribution in [3.05, 3.63) is 82.4 Å². The van der Waals surface area contributed by atoms with Crippen molar-refractivity contribution >= 4 is 40.8 Å². The predicted octanol–water partition coefficient (Wildman–Crippen LogP) is 5.98. The van der Waals surface area contributed by atoms with Crippen molar-refractivity contribution in [3.63, 3.8) is 0 Å². The maximum absolute atomic E-state index is 13.1. The van der Waals surface area contributed by atoms with E-state index in [1.165, 1.54) is 31.5 Å². The highest BCUT2D eigenvalue weighted by Crippen LogP contribution is 2.34. The molecule has 0 bridgehead atoms. The summed E-state index contributed by atoms with van der Waals surface area (Å²) in [5, 5.41) is 9.21. The molecule has 0 radical (unpaired) electrons. The Morgan fingerprint density at radius 2 is 1.68 bits per heavy atom. The lowest BCUT2D eigenvalue weighted by Crippen LogP contribution is -2.25. The molecule has 3 rings (SSSR count). The number of rotatable bonds is 8. The number of benzene rings is 3. The first-order valence-corrected chi connectivity index (χ1v) is 11.8. The molecular weight excluding hydrogens is 517 g/mol. The number of carbonyl (C=O) groups excluding carboxylic acids is 1. The number of ether oxygens (including phenoxy) is 2.